The second-order valence-corrected chi connectivity index (χ2v) is 1.34. The number of carbonyl (C=O) groups is 1. The van der Waals surface area contributed by atoms with Gasteiger partial charge in [0.25, 0.3) is 0 Å². The number of carbonyl (C=O) groups excluding carboxylic acids is 1. The SMILES string of the molecule is CC=C(C)C(N)=O.O. The maximum absolute atomic E-state index is 10.1. The number of hydrogen-bond acceptors (Lipinski definition) is 1. The number of allylic oxidation sites excluding steroid dienone is 1. The van der Waals surface area contributed by atoms with Gasteiger partial charge in [-0.1, -0.05) is 6.08 Å². The van der Waals surface area contributed by atoms with Crippen molar-refractivity contribution in [2.75, 3.05) is 0 Å². The second kappa shape index (κ2) is 4.33. The van der Waals surface area contributed by atoms with Crippen LogP contribution in [0.25, 0.3) is 0 Å². The van der Waals surface area contributed by atoms with E-state index in [1.165, 1.54) is 0 Å². The Morgan fingerprint density at radius 1 is 1.62 bits per heavy atom. The Hall–Kier alpha value is -0.830. The molecule has 0 aromatic heterocycles. The molecule has 0 bridgehead atoms. The molecule has 0 saturated heterocycles. The summed E-state index contributed by atoms with van der Waals surface area (Å²) in [4.78, 5) is 10.1. The Morgan fingerprint density at radius 3 is 2.00 bits per heavy atom. The van der Waals surface area contributed by atoms with E-state index in [1.54, 1.807) is 19.9 Å². The first-order chi connectivity index (χ1) is 3.18. The minimum atomic E-state index is -0.345. The summed E-state index contributed by atoms with van der Waals surface area (Å²) in [5.41, 5.74) is 5.45. The number of amides is 1. The predicted molar refractivity (Wildman–Crippen MR) is 32.2 cm³/mol. The number of primary amides is 1. The van der Waals surface area contributed by atoms with Gasteiger partial charge in [0.15, 0.2) is 0 Å². The van der Waals surface area contributed by atoms with Crippen molar-refractivity contribution in [3.8, 4) is 0 Å². The van der Waals surface area contributed by atoms with E-state index in [2.05, 4.69) is 0 Å². The first-order valence-corrected chi connectivity index (χ1v) is 2.11. The van der Waals surface area contributed by atoms with Crippen LogP contribution in [0.2, 0.25) is 0 Å². The molecule has 0 rings (SSSR count). The Labute approximate surface area is 48.5 Å². The summed E-state index contributed by atoms with van der Waals surface area (Å²) in [5, 5.41) is 0. The Morgan fingerprint density at radius 2 is 2.00 bits per heavy atom. The summed E-state index contributed by atoms with van der Waals surface area (Å²) < 4.78 is 0. The van der Waals surface area contributed by atoms with E-state index < -0.39 is 0 Å². The standard InChI is InChI=1S/C5H9NO.H2O/c1-3-4(2)5(6)7;/h3H,1-2H3,(H2,6,7);1H2. The average molecular weight is 117 g/mol. The van der Waals surface area contributed by atoms with Crippen LogP contribution in [-0.4, -0.2) is 11.4 Å². The molecule has 0 aromatic carbocycles. The third-order valence-electron chi connectivity index (χ3n) is 0.822. The average Bonchev–Trinajstić information content (AvgIpc) is 1.65. The molecular weight excluding hydrogens is 106 g/mol. The van der Waals surface area contributed by atoms with E-state index in [0.29, 0.717) is 5.57 Å². The number of nitrogens with two attached hydrogens (primary N) is 1. The van der Waals surface area contributed by atoms with Crippen LogP contribution in [0.4, 0.5) is 0 Å². The molecule has 0 aliphatic rings. The molecule has 0 atom stereocenters. The molecule has 48 valence electrons. The van der Waals surface area contributed by atoms with Gasteiger partial charge in [-0.3, -0.25) is 4.79 Å². The monoisotopic (exact) mass is 117 g/mol. The van der Waals surface area contributed by atoms with Crippen LogP contribution in [0.1, 0.15) is 13.8 Å². The summed E-state index contributed by atoms with van der Waals surface area (Å²) in [6.07, 6.45) is 1.68. The van der Waals surface area contributed by atoms with Crippen molar-refractivity contribution in [2.45, 2.75) is 13.8 Å². The van der Waals surface area contributed by atoms with Gasteiger partial charge in [-0.15, -0.1) is 0 Å². The zero-order chi connectivity index (χ0) is 5.86. The fourth-order valence-electron chi connectivity index (χ4n) is 0.142. The molecule has 0 saturated carbocycles. The molecule has 0 fully saturated rings. The molecule has 0 aromatic rings. The first kappa shape index (κ1) is 10.2. The van der Waals surface area contributed by atoms with Crippen molar-refractivity contribution in [3.63, 3.8) is 0 Å². The van der Waals surface area contributed by atoms with E-state index in [4.69, 9.17) is 5.73 Å². The molecule has 0 aliphatic heterocycles. The van der Waals surface area contributed by atoms with Crippen molar-refractivity contribution < 1.29 is 10.3 Å². The van der Waals surface area contributed by atoms with E-state index in [0.717, 1.165) is 0 Å². The molecule has 1 amide bonds. The molecule has 0 unspecified atom stereocenters. The van der Waals surface area contributed by atoms with Crippen molar-refractivity contribution >= 4 is 5.91 Å². The molecular formula is C5H11NO2. The van der Waals surface area contributed by atoms with Crippen LogP contribution in [0.15, 0.2) is 11.6 Å². The van der Waals surface area contributed by atoms with Gasteiger partial charge in [-0.2, -0.15) is 0 Å². The first-order valence-electron chi connectivity index (χ1n) is 2.11. The molecule has 3 heteroatoms. The molecule has 0 spiro atoms. The van der Waals surface area contributed by atoms with Crippen molar-refractivity contribution in [1.82, 2.24) is 0 Å². The van der Waals surface area contributed by atoms with E-state index in [9.17, 15) is 4.79 Å². The smallest absolute Gasteiger partial charge is 0.243 e. The molecule has 0 aliphatic carbocycles. The van der Waals surface area contributed by atoms with E-state index in [-0.39, 0.29) is 11.4 Å². The lowest BCUT2D eigenvalue weighted by molar-refractivity contribution is -0.114. The third-order valence-corrected chi connectivity index (χ3v) is 0.822. The van der Waals surface area contributed by atoms with Crippen LogP contribution in [0.5, 0.6) is 0 Å². The summed E-state index contributed by atoms with van der Waals surface area (Å²) in [7, 11) is 0. The van der Waals surface area contributed by atoms with E-state index in [1.807, 2.05) is 0 Å². The summed E-state index contributed by atoms with van der Waals surface area (Å²) >= 11 is 0. The number of hydrogen-bond donors (Lipinski definition) is 1. The van der Waals surface area contributed by atoms with Gasteiger partial charge in [-0.05, 0) is 13.8 Å². The highest BCUT2D eigenvalue weighted by Gasteiger charge is 1.90. The topological polar surface area (TPSA) is 74.6 Å². The van der Waals surface area contributed by atoms with E-state index >= 15 is 0 Å². The fraction of sp³-hybridized carbons (Fsp3) is 0.400. The molecule has 0 radical (unpaired) electrons. The predicted octanol–water partition coefficient (Wildman–Crippen LogP) is -0.387. The second-order valence-electron chi connectivity index (χ2n) is 1.34. The van der Waals surface area contributed by atoms with Gasteiger partial charge >= 0.3 is 0 Å². The maximum atomic E-state index is 10.1. The summed E-state index contributed by atoms with van der Waals surface area (Å²) in [6.45, 7) is 3.46. The van der Waals surface area contributed by atoms with Crippen LogP contribution in [0.3, 0.4) is 0 Å². The molecule has 4 N–H and O–H groups in total. The van der Waals surface area contributed by atoms with Crippen molar-refractivity contribution in [3.05, 3.63) is 11.6 Å². The quantitative estimate of drug-likeness (QED) is 0.467. The normalized spacial score (nSPS) is 10.0. The van der Waals surface area contributed by atoms with Crippen LogP contribution in [0, 0.1) is 0 Å². The summed E-state index contributed by atoms with van der Waals surface area (Å²) in [5.74, 6) is -0.345. The maximum Gasteiger partial charge on any atom is 0.243 e. The Kier molecular flexibility index (Phi) is 5.53. The van der Waals surface area contributed by atoms with Gasteiger partial charge in [0.1, 0.15) is 0 Å². The Balaban J connectivity index is 0. The van der Waals surface area contributed by atoms with Gasteiger partial charge < -0.3 is 11.2 Å². The van der Waals surface area contributed by atoms with Crippen LogP contribution < -0.4 is 5.73 Å². The minimum Gasteiger partial charge on any atom is -0.412 e. The zero-order valence-electron chi connectivity index (χ0n) is 5.06. The minimum absolute atomic E-state index is 0. The van der Waals surface area contributed by atoms with Gasteiger partial charge in [0.2, 0.25) is 5.91 Å². The highest BCUT2D eigenvalue weighted by atomic mass is 16.1. The molecule has 0 heterocycles. The largest absolute Gasteiger partial charge is 0.412 e. The molecule has 8 heavy (non-hydrogen) atoms. The van der Waals surface area contributed by atoms with Crippen molar-refractivity contribution in [2.24, 2.45) is 5.73 Å². The molecule has 3 nitrogen and oxygen atoms in total. The highest BCUT2D eigenvalue weighted by Crippen LogP contribution is 1.85. The fourth-order valence-corrected chi connectivity index (χ4v) is 0.142. The van der Waals surface area contributed by atoms with Gasteiger partial charge in [0, 0.05) is 5.57 Å². The Bertz CT molecular complexity index is 107. The lowest BCUT2D eigenvalue weighted by Gasteiger charge is -1.85. The number of rotatable bonds is 1. The lowest BCUT2D eigenvalue weighted by Crippen LogP contribution is -2.10. The van der Waals surface area contributed by atoms with Crippen LogP contribution >= 0.6 is 0 Å². The van der Waals surface area contributed by atoms with Gasteiger partial charge in [0.05, 0.1) is 0 Å². The summed E-state index contributed by atoms with van der Waals surface area (Å²) in [6, 6.07) is 0. The van der Waals surface area contributed by atoms with Crippen LogP contribution in [-0.2, 0) is 4.79 Å². The van der Waals surface area contributed by atoms with Gasteiger partial charge in [-0.25, -0.2) is 0 Å². The highest BCUT2D eigenvalue weighted by molar-refractivity contribution is 5.91. The van der Waals surface area contributed by atoms with Crippen molar-refractivity contribution in [1.29, 1.82) is 0 Å². The lowest BCUT2D eigenvalue weighted by atomic mass is 10.3. The zero-order valence-corrected chi connectivity index (χ0v) is 5.06. The third kappa shape index (κ3) is 3.36.